The second kappa shape index (κ2) is 6.42. The van der Waals surface area contributed by atoms with Crippen LogP contribution in [0.2, 0.25) is 5.02 Å². The largest absolute Gasteiger partial charge is 0.300 e. The minimum Gasteiger partial charge on any atom is -0.300 e. The Balaban J connectivity index is 2.05. The first-order chi connectivity index (χ1) is 11.4. The Bertz CT molecular complexity index is 904. The summed E-state index contributed by atoms with van der Waals surface area (Å²) < 4.78 is 23.6. The lowest BCUT2D eigenvalue weighted by Crippen LogP contribution is -2.41. The van der Waals surface area contributed by atoms with Gasteiger partial charge in [0.1, 0.15) is 0 Å². The monoisotopic (exact) mass is 361 g/mol. The van der Waals surface area contributed by atoms with E-state index in [9.17, 15) is 13.2 Å². The molecule has 2 aromatic rings. The molecule has 3 rings (SSSR count). The Morgan fingerprint density at radius 2 is 1.79 bits per heavy atom. The van der Waals surface area contributed by atoms with Crippen LogP contribution in [0.3, 0.4) is 0 Å². The van der Waals surface area contributed by atoms with Gasteiger partial charge in [0.15, 0.2) is 9.84 Å². The summed E-state index contributed by atoms with van der Waals surface area (Å²) in [6.07, 6.45) is 1.56. The number of carbonyl (C=O) groups excluding carboxylic acids is 1. The molecule has 0 saturated carbocycles. The number of halogens is 1. The van der Waals surface area contributed by atoms with Crippen LogP contribution in [0.1, 0.15) is 15.9 Å². The highest BCUT2D eigenvalue weighted by Gasteiger charge is 2.32. The van der Waals surface area contributed by atoms with Crippen LogP contribution in [-0.4, -0.2) is 26.1 Å². The molecule has 0 aromatic heterocycles. The number of carbonyl (C=O) groups is 1. The van der Waals surface area contributed by atoms with Gasteiger partial charge in [-0.05, 0) is 48.9 Å². The molecule has 1 amide bonds. The van der Waals surface area contributed by atoms with Gasteiger partial charge in [0.25, 0.3) is 5.91 Å². The van der Waals surface area contributed by atoms with Gasteiger partial charge in [0.2, 0.25) is 0 Å². The van der Waals surface area contributed by atoms with Crippen molar-refractivity contribution < 1.29 is 13.2 Å². The molecule has 0 spiro atoms. The van der Waals surface area contributed by atoms with E-state index < -0.39 is 15.9 Å². The summed E-state index contributed by atoms with van der Waals surface area (Å²) in [5.74, 6) is -0.352. The summed E-state index contributed by atoms with van der Waals surface area (Å²) in [6, 6.07) is 13.5. The molecular weight excluding hydrogens is 346 g/mol. The molecule has 0 N–H and O–H groups in total. The topological polar surface area (TPSA) is 54.5 Å². The zero-order valence-electron chi connectivity index (χ0n) is 13.0. The van der Waals surface area contributed by atoms with Crippen molar-refractivity contribution in [3.05, 3.63) is 76.2 Å². The van der Waals surface area contributed by atoms with Crippen molar-refractivity contribution >= 4 is 33.0 Å². The molecule has 1 aliphatic rings. The van der Waals surface area contributed by atoms with Crippen LogP contribution in [0.15, 0.2) is 60.0 Å². The lowest BCUT2D eigenvalue weighted by molar-refractivity contribution is 0.0982. The van der Waals surface area contributed by atoms with E-state index >= 15 is 0 Å². The van der Waals surface area contributed by atoms with Crippen LogP contribution in [0.5, 0.6) is 0 Å². The molecule has 0 radical (unpaired) electrons. The third-order valence-corrected chi connectivity index (χ3v) is 5.57. The zero-order chi connectivity index (χ0) is 17.3. The molecule has 124 valence electrons. The predicted octanol–water partition coefficient (Wildman–Crippen LogP) is 3.61. The van der Waals surface area contributed by atoms with Gasteiger partial charge >= 0.3 is 0 Å². The second-order valence-corrected chi connectivity index (χ2v) is 8.06. The quantitative estimate of drug-likeness (QED) is 0.839. The third-order valence-electron chi connectivity index (χ3n) is 3.94. The van der Waals surface area contributed by atoms with E-state index in [1.165, 1.54) is 10.3 Å². The Morgan fingerprint density at radius 1 is 1.12 bits per heavy atom. The van der Waals surface area contributed by atoms with E-state index in [0.717, 1.165) is 5.56 Å². The fourth-order valence-corrected chi connectivity index (χ4v) is 4.12. The van der Waals surface area contributed by atoms with E-state index in [-0.39, 0.29) is 11.7 Å². The number of amides is 1. The summed E-state index contributed by atoms with van der Waals surface area (Å²) in [5, 5.41) is 1.72. The zero-order valence-corrected chi connectivity index (χ0v) is 14.6. The van der Waals surface area contributed by atoms with Gasteiger partial charge in [0.05, 0.1) is 11.8 Å². The van der Waals surface area contributed by atoms with Crippen LogP contribution < -0.4 is 4.90 Å². The minimum atomic E-state index is -3.28. The first-order valence-electron chi connectivity index (χ1n) is 7.43. The molecule has 2 aromatic carbocycles. The minimum absolute atomic E-state index is 0.118. The van der Waals surface area contributed by atoms with Crippen molar-refractivity contribution in [2.75, 3.05) is 10.7 Å². The maximum absolute atomic E-state index is 13.1. The summed E-state index contributed by atoms with van der Waals surface area (Å²) in [7, 11) is -3.28. The van der Waals surface area contributed by atoms with Gasteiger partial charge in [-0.1, -0.05) is 29.8 Å². The summed E-state index contributed by atoms with van der Waals surface area (Å²) in [5.41, 5.74) is 2.00. The van der Waals surface area contributed by atoms with Crippen molar-refractivity contribution in [2.45, 2.75) is 13.0 Å². The number of sulfone groups is 1. The number of hydrogen-bond acceptors (Lipinski definition) is 3. The normalized spacial score (nSPS) is 18.5. The average molecular weight is 362 g/mol. The summed E-state index contributed by atoms with van der Waals surface area (Å²) in [4.78, 5) is 14.6. The summed E-state index contributed by atoms with van der Waals surface area (Å²) >= 11 is 5.93. The molecule has 0 unspecified atom stereocenters. The van der Waals surface area contributed by atoms with Crippen LogP contribution >= 0.6 is 11.6 Å². The lowest BCUT2D eigenvalue weighted by Gasteiger charge is -2.28. The summed E-state index contributed by atoms with van der Waals surface area (Å²) in [6.45, 7) is 1.86. The number of aryl methyl sites for hydroxylation is 1. The first-order valence-corrected chi connectivity index (χ1v) is 9.52. The molecule has 0 saturated heterocycles. The fraction of sp³-hybridized carbons (Fsp3) is 0.167. The van der Waals surface area contributed by atoms with Crippen molar-refractivity contribution in [1.82, 2.24) is 0 Å². The number of anilines is 1. The molecule has 0 fully saturated rings. The van der Waals surface area contributed by atoms with Gasteiger partial charge in [-0.2, -0.15) is 0 Å². The highest BCUT2D eigenvalue weighted by Crippen LogP contribution is 2.27. The predicted molar refractivity (Wildman–Crippen MR) is 96.2 cm³/mol. The van der Waals surface area contributed by atoms with E-state index in [2.05, 4.69) is 0 Å². The Morgan fingerprint density at radius 3 is 2.38 bits per heavy atom. The van der Waals surface area contributed by atoms with Crippen molar-refractivity contribution in [3.8, 4) is 0 Å². The van der Waals surface area contributed by atoms with Crippen LogP contribution in [0.4, 0.5) is 5.69 Å². The maximum atomic E-state index is 13.1. The second-order valence-electron chi connectivity index (χ2n) is 5.69. The molecular formula is C18H16ClNO3S. The van der Waals surface area contributed by atoms with Gasteiger partial charge in [0, 0.05) is 21.7 Å². The molecule has 1 atom stereocenters. The average Bonchev–Trinajstić information content (AvgIpc) is 2.89. The standard InChI is InChI=1S/C18H16ClNO3S/c1-13-4-2-3-5-17(13)18(21)20(15-8-6-14(19)7-9-15)16-10-11-24(22,23)12-16/h2-11,16H,12H2,1H3/t16-/m1/s1. The molecule has 4 nitrogen and oxygen atoms in total. The number of hydrogen-bond donors (Lipinski definition) is 0. The first kappa shape index (κ1) is 16.7. The SMILES string of the molecule is Cc1ccccc1C(=O)N(c1ccc(Cl)cc1)[C@@H]1C=CS(=O)(=O)C1. The Hall–Kier alpha value is -2.11. The van der Waals surface area contributed by atoms with Crippen molar-refractivity contribution in [1.29, 1.82) is 0 Å². The van der Waals surface area contributed by atoms with Crippen LogP contribution in [0, 0.1) is 6.92 Å². The Labute approximate surface area is 146 Å². The molecule has 0 bridgehead atoms. The van der Waals surface area contributed by atoms with Gasteiger partial charge in [-0.3, -0.25) is 4.79 Å². The lowest BCUT2D eigenvalue weighted by atomic mass is 10.1. The number of rotatable bonds is 3. The maximum Gasteiger partial charge on any atom is 0.259 e. The molecule has 0 aliphatic carbocycles. The molecule has 1 aliphatic heterocycles. The van der Waals surface area contributed by atoms with Crippen LogP contribution in [0.25, 0.3) is 0 Å². The highest BCUT2D eigenvalue weighted by molar-refractivity contribution is 7.94. The van der Waals surface area contributed by atoms with E-state index in [1.807, 2.05) is 19.1 Å². The van der Waals surface area contributed by atoms with Crippen molar-refractivity contribution in [3.63, 3.8) is 0 Å². The molecule has 1 heterocycles. The van der Waals surface area contributed by atoms with E-state index in [4.69, 9.17) is 11.6 Å². The highest BCUT2D eigenvalue weighted by atomic mass is 35.5. The fourth-order valence-electron chi connectivity index (χ4n) is 2.72. The van der Waals surface area contributed by atoms with Gasteiger partial charge < -0.3 is 4.90 Å². The van der Waals surface area contributed by atoms with Gasteiger partial charge in [-0.25, -0.2) is 8.42 Å². The van der Waals surface area contributed by atoms with Crippen LogP contribution in [-0.2, 0) is 9.84 Å². The van der Waals surface area contributed by atoms with E-state index in [1.54, 1.807) is 42.5 Å². The number of nitrogens with zero attached hydrogens (tertiary/aromatic N) is 1. The van der Waals surface area contributed by atoms with Gasteiger partial charge in [-0.15, -0.1) is 0 Å². The number of benzene rings is 2. The van der Waals surface area contributed by atoms with E-state index in [0.29, 0.717) is 16.3 Å². The third kappa shape index (κ3) is 3.37. The molecule has 24 heavy (non-hydrogen) atoms. The molecule has 6 heteroatoms. The Kier molecular flexibility index (Phi) is 4.47. The smallest absolute Gasteiger partial charge is 0.259 e. The van der Waals surface area contributed by atoms with Crippen molar-refractivity contribution in [2.24, 2.45) is 0 Å².